The number of benzene rings is 2. The Morgan fingerprint density at radius 3 is 1.96 bits per heavy atom. The van der Waals surface area contributed by atoms with Gasteiger partial charge < -0.3 is 15.4 Å². The lowest BCUT2D eigenvalue weighted by molar-refractivity contribution is 0.0820. The van der Waals surface area contributed by atoms with E-state index >= 15 is 0 Å². The summed E-state index contributed by atoms with van der Waals surface area (Å²) in [7, 11) is 2.00. The van der Waals surface area contributed by atoms with Gasteiger partial charge >= 0.3 is 0 Å². The smallest absolute Gasteiger partial charge is 0.108 e. The van der Waals surface area contributed by atoms with E-state index in [4.69, 9.17) is 4.74 Å². The third-order valence-electron chi connectivity index (χ3n) is 4.01. The van der Waals surface area contributed by atoms with E-state index < -0.39 is 0 Å². The topological polar surface area (TPSA) is 33.3 Å². The summed E-state index contributed by atoms with van der Waals surface area (Å²) < 4.78 is 6.17. The predicted octanol–water partition coefficient (Wildman–Crippen LogP) is 3.38. The molecule has 23 heavy (non-hydrogen) atoms. The van der Waals surface area contributed by atoms with Crippen LogP contribution in [0.15, 0.2) is 60.7 Å². The Morgan fingerprint density at radius 2 is 1.43 bits per heavy atom. The molecule has 2 N–H and O–H groups in total. The fourth-order valence-electron chi connectivity index (χ4n) is 2.48. The predicted molar refractivity (Wildman–Crippen MR) is 96.7 cm³/mol. The van der Waals surface area contributed by atoms with Crippen molar-refractivity contribution in [3.05, 3.63) is 71.8 Å². The average molecular weight is 312 g/mol. The van der Waals surface area contributed by atoms with Gasteiger partial charge in [0.05, 0.1) is 6.61 Å². The second kappa shape index (κ2) is 10.2. The first-order valence-electron chi connectivity index (χ1n) is 8.40. The number of ether oxygens (including phenoxy) is 1. The summed E-state index contributed by atoms with van der Waals surface area (Å²) in [6, 6.07) is 21.4. The van der Waals surface area contributed by atoms with Crippen molar-refractivity contribution >= 4 is 0 Å². The zero-order chi connectivity index (χ0) is 16.3. The second-order valence-electron chi connectivity index (χ2n) is 5.80. The van der Waals surface area contributed by atoms with Crippen LogP contribution in [-0.4, -0.2) is 32.8 Å². The fourth-order valence-corrected chi connectivity index (χ4v) is 2.48. The molecule has 1 atom stereocenters. The minimum atomic E-state index is -0.00423. The van der Waals surface area contributed by atoms with Gasteiger partial charge in [-0.3, -0.25) is 0 Å². The molecule has 3 nitrogen and oxygen atoms in total. The van der Waals surface area contributed by atoms with E-state index in [1.807, 2.05) is 19.2 Å². The maximum atomic E-state index is 6.17. The maximum absolute atomic E-state index is 6.17. The van der Waals surface area contributed by atoms with Crippen molar-refractivity contribution in [3.8, 4) is 0 Å². The van der Waals surface area contributed by atoms with Crippen molar-refractivity contribution in [3.63, 3.8) is 0 Å². The first-order chi connectivity index (χ1) is 11.3. The van der Waals surface area contributed by atoms with E-state index in [1.165, 1.54) is 11.1 Å². The molecule has 0 aromatic heterocycles. The largest absolute Gasteiger partial charge is 0.367 e. The van der Waals surface area contributed by atoms with Crippen molar-refractivity contribution in [1.82, 2.24) is 10.6 Å². The number of nitrogens with one attached hydrogen (secondary N) is 2. The Kier molecular flexibility index (Phi) is 7.81. The SMILES string of the molecule is CNC(C)CCNCCOC(c1ccccc1)c1ccccc1. The summed E-state index contributed by atoms with van der Waals surface area (Å²) in [4.78, 5) is 0. The molecule has 0 bridgehead atoms. The maximum Gasteiger partial charge on any atom is 0.108 e. The van der Waals surface area contributed by atoms with Crippen LogP contribution >= 0.6 is 0 Å². The molecule has 0 aliphatic carbocycles. The highest BCUT2D eigenvalue weighted by atomic mass is 16.5. The molecule has 0 aliphatic heterocycles. The van der Waals surface area contributed by atoms with Crippen LogP contribution in [0.4, 0.5) is 0 Å². The zero-order valence-corrected chi connectivity index (χ0v) is 14.2. The van der Waals surface area contributed by atoms with E-state index in [2.05, 4.69) is 66.1 Å². The Labute approximate surface area is 140 Å². The van der Waals surface area contributed by atoms with Crippen LogP contribution in [0.25, 0.3) is 0 Å². The highest BCUT2D eigenvalue weighted by Crippen LogP contribution is 2.25. The molecule has 0 fully saturated rings. The van der Waals surface area contributed by atoms with Crippen LogP contribution in [-0.2, 0) is 4.74 Å². The molecule has 2 aromatic carbocycles. The molecule has 3 heteroatoms. The Hall–Kier alpha value is -1.68. The number of hydrogen-bond acceptors (Lipinski definition) is 3. The Balaban J connectivity index is 1.85. The van der Waals surface area contributed by atoms with Gasteiger partial charge in [-0.15, -0.1) is 0 Å². The third kappa shape index (κ3) is 6.14. The van der Waals surface area contributed by atoms with Crippen LogP contribution in [0.2, 0.25) is 0 Å². The summed E-state index contributed by atoms with van der Waals surface area (Å²) >= 11 is 0. The lowest BCUT2D eigenvalue weighted by Crippen LogP contribution is -2.29. The molecule has 0 aliphatic rings. The first-order valence-corrected chi connectivity index (χ1v) is 8.40. The highest BCUT2D eigenvalue weighted by molar-refractivity contribution is 5.29. The highest BCUT2D eigenvalue weighted by Gasteiger charge is 2.13. The van der Waals surface area contributed by atoms with Crippen LogP contribution < -0.4 is 10.6 Å². The van der Waals surface area contributed by atoms with Gasteiger partial charge in [0, 0.05) is 12.6 Å². The average Bonchev–Trinajstić information content (AvgIpc) is 2.62. The molecule has 0 radical (unpaired) electrons. The summed E-state index contributed by atoms with van der Waals surface area (Å²) in [5, 5.41) is 6.69. The van der Waals surface area contributed by atoms with Crippen LogP contribution in [0.5, 0.6) is 0 Å². The van der Waals surface area contributed by atoms with Gasteiger partial charge in [0.25, 0.3) is 0 Å². The van der Waals surface area contributed by atoms with Gasteiger partial charge in [-0.1, -0.05) is 60.7 Å². The molecule has 0 spiro atoms. The Bertz CT molecular complexity index is 490. The molecule has 124 valence electrons. The van der Waals surface area contributed by atoms with E-state index in [0.29, 0.717) is 12.6 Å². The number of hydrogen-bond donors (Lipinski definition) is 2. The quantitative estimate of drug-likeness (QED) is 0.660. The normalized spacial score (nSPS) is 12.5. The van der Waals surface area contributed by atoms with Crippen molar-refractivity contribution < 1.29 is 4.74 Å². The molecule has 0 saturated heterocycles. The molecule has 0 heterocycles. The van der Waals surface area contributed by atoms with Crippen molar-refractivity contribution in [1.29, 1.82) is 0 Å². The van der Waals surface area contributed by atoms with Gasteiger partial charge in [-0.25, -0.2) is 0 Å². The van der Waals surface area contributed by atoms with Gasteiger partial charge in [-0.05, 0) is 38.1 Å². The molecule has 0 amide bonds. The van der Waals surface area contributed by atoms with Gasteiger partial charge in [0.2, 0.25) is 0 Å². The zero-order valence-electron chi connectivity index (χ0n) is 14.2. The summed E-state index contributed by atoms with van der Waals surface area (Å²) in [5.74, 6) is 0. The molecule has 0 saturated carbocycles. The standard InChI is InChI=1S/C20H28N2O/c1-17(21-2)13-14-22-15-16-23-20(18-9-5-3-6-10-18)19-11-7-4-8-12-19/h3-12,17,20-22H,13-16H2,1-2H3. The van der Waals surface area contributed by atoms with E-state index in [0.717, 1.165) is 19.5 Å². The monoisotopic (exact) mass is 312 g/mol. The molecular weight excluding hydrogens is 284 g/mol. The third-order valence-corrected chi connectivity index (χ3v) is 4.01. The van der Waals surface area contributed by atoms with Gasteiger partial charge in [0.15, 0.2) is 0 Å². The first kappa shape index (κ1) is 17.7. The molecule has 2 rings (SSSR count). The van der Waals surface area contributed by atoms with Crippen LogP contribution in [0, 0.1) is 0 Å². The van der Waals surface area contributed by atoms with Gasteiger partial charge in [0.1, 0.15) is 6.10 Å². The van der Waals surface area contributed by atoms with Crippen LogP contribution in [0.1, 0.15) is 30.6 Å². The second-order valence-corrected chi connectivity index (χ2v) is 5.80. The number of rotatable bonds is 10. The summed E-state index contributed by atoms with van der Waals surface area (Å²) in [6.45, 7) is 4.76. The Morgan fingerprint density at radius 1 is 0.870 bits per heavy atom. The molecule has 1 unspecified atom stereocenters. The molecular formula is C20H28N2O. The van der Waals surface area contributed by atoms with Crippen molar-refractivity contribution in [2.45, 2.75) is 25.5 Å². The lowest BCUT2D eigenvalue weighted by atomic mass is 10.0. The molecule has 2 aromatic rings. The van der Waals surface area contributed by atoms with E-state index in [-0.39, 0.29) is 6.10 Å². The van der Waals surface area contributed by atoms with E-state index in [1.54, 1.807) is 0 Å². The lowest BCUT2D eigenvalue weighted by Gasteiger charge is -2.19. The fraction of sp³-hybridized carbons (Fsp3) is 0.400. The van der Waals surface area contributed by atoms with Crippen LogP contribution in [0.3, 0.4) is 0 Å². The van der Waals surface area contributed by atoms with E-state index in [9.17, 15) is 0 Å². The summed E-state index contributed by atoms with van der Waals surface area (Å²) in [6.07, 6.45) is 1.12. The van der Waals surface area contributed by atoms with Crippen molar-refractivity contribution in [2.24, 2.45) is 0 Å². The van der Waals surface area contributed by atoms with Gasteiger partial charge in [-0.2, -0.15) is 0 Å². The minimum absolute atomic E-state index is 0.00423. The minimum Gasteiger partial charge on any atom is -0.367 e. The van der Waals surface area contributed by atoms with Crippen molar-refractivity contribution in [2.75, 3.05) is 26.7 Å². The summed E-state index contributed by atoms with van der Waals surface area (Å²) in [5.41, 5.74) is 2.39.